The Morgan fingerprint density at radius 3 is 2.81 bits per heavy atom. The molecule has 1 aliphatic rings. The average molecular weight is 221 g/mol. The van der Waals surface area contributed by atoms with Crippen molar-refractivity contribution in [3.05, 3.63) is 18.3 Å². The molecule has 0 aliphatic heterocycles. The highest BCUT2D eigenvalue weighted by atomic mass is 16.5. The van der Waals surface area contributed by atoms with Crippen molar-refractivity contribution < 1.29 is 4.74 Å². The van der Waals surface area contributed by atoms with Crippen molar-refractivity contribution >= 4 is 5.82 Å². The smallest absolute Gasteiger partial charge is 0.168 e. The molecule has 4 heteroatoms. The fourth-order valence-corrected chi connectivity index (χ4v) is 2.12. The first-order valence-electron chi connectivity index (χ1n) is 5.80. The van der Waals surface area contributed by atoms with Crippen LogP contribution in [0.4, 0.5) is 5.82 Å². The van der Waals surface area contributed by atoms with Crippen LogP contribution in [0.5, 0.6) is 5.75 Å². The molecule has 1 aromatic heterocycles. The third kappa shape index (κ3) is 2.64. The quantitative estimate of drug-likeness (QED) is 0.816. The summed E-state index contributed by atoms with van der Waals surface area (Å²) in [6.07, 6.45) is 6.18. The molecule has 1 fully saturated rings. The maximum atomic E-state index is 5.88. The molecule has 1 heterocycles. The van der Waals surface area contributed by atoms with Crippen LogP contribution in [0.3, 0.4) is 0 Å². The van der Waals surface area contributed by atoms with Crippen LogP contribution in [0.15, 0.2) is 18.3 Å². The molecule has 0 bridgehead atoms. The minimum absolute atomic E-state index is 0.378. The first-order chi connectivity index (χ1) is 7.79. The van der Waals surface area contributed by atoms with E-state index in [4.69, 9.17) is 10.5 Å². The summed E-state index contributed by atoms with van der Waals surface area (Å²) in [5, 5.41) is 3.43. The van der Waals surface area contributed by atoms with Gasteiger partial charge in [-0.3, -0.25) is 0 Å². The lowest BCUT2D eigenvalue weighted by Gasteiger charge is -2.27. The summed E-state index contributed by atoms with van der Waals surface area (Å²) in [7, 11) is 1.67. The highest BCUT2D eigenvalue weighted by Gasteiger charge is 2.19. The zero-order valence-corrected chi connectivity index (χ0v) is 9.65. The van der Waals surface area contributed by atoms with E-state index in [0.717, 1.165) is 37.3 Å². The Balaban J connectivity index is 1.98. The van der Waals surface area contributed by atoms with Crippen molar-refractivity contribution in [2.75, 3.05) is 12.4 Å². The molecule has 1 aliphatic carbocycles. The summed E-state index contributed by atoms with van der Waals surface area (Å²) in [6.45, 7) is 0. The van der Waals surface area contributed by atoms with Crippen LogP contribution in [-0.4, -0.2) is 24.2 Å². The Labute approximate surface area is 96.2 Å². The van der Waals surface area contributed by atoms with Gasteiger partial charge in [-0.2, -0.15) is 0 Å². The highest BCUT2D eigenvalue weighted by molar-refractivity contribution is 5.50. The Kier molecular flexibility index (Phi) is 3.62. The number of nitrogens with zero attached hydrogens (tertiary/aromatic N) is 1. The molecule has 0 aromatic carbocycles. The summed E-state index contributed by atoms with van der Waals surface area (Å²) in [5.74, 6) is 1.64. The average Bonchev–Trinajstić information content (AvgIpc) is 2.33. The first kappa shape index (κ1) is 11.2. The lowest BCUT2D eigenvalue weighted by atomic mass is 9.92. The molecule has 0 radical (unpaired) electrons. The second-order valence-corrected chi connectivity index (χ2v) is 4.31. The predicted octanol–water partition coefficient (Wildman–Crippen LogP) is 1.77. The monoisotopic (exact) mass is 221 g/mol. The van der Waals surface area contributed by atoms with E-state index in [0.29, 0.717) is 12.1 Å². The SMILES string of the molecule is COc1cccnc1NC1CCC(N)CC1. The summed E-state index contributed by atoms with van der Waals surface area (Å²) < 4.78 is 5.26. The standard InChI is InChI=1S/C12H19N3O/c1-16-11-3-2-8-14-12(11)15-10-6-4-9(13)5-7-10/h2-3,8-10H,4-7,13H2,1H3,(H,14,15). The van der Waals surface area contributed by atoms with Crippen molar-refractivity contribution in [2.24, 2.45) is 5.73 Å². The number of nitrogens with one attached hydrogen (secondary N) is 1. The van der Waals surface area contributed by atoms with Crippen LogP contribution in [-0.2, 0) is 0 Å². The minimum atomic E-state index is 0.378. The predicted molar refractivity (Wildman–Crippen MR) is 64.6 cm³/mol. The van der Waals surface area contributed by atoms with Crippen molar-refractivity contribution in [1.82, 2.24) is 4.98 Å². The minimum Gasteiger partial charge on any atom is -0.493 e. The van der Waals surface area contributed by atoms with E-state index in [9.17, 15) is 0 Å². The Morgan fingerprint density at radius 2 is 2.12 bits per heavy atom. The van der Waals surface area contributed by atoms with Gasteiger partial charge in [0, 0.05) is 18.3 Å². The van der Waals surface area contributed by atoms with Gasteiger partial charge in [-0.15, -0.1) is 0 Å². The Hall–Kier alpha value is -1.29. The zero-order valence-electron chi connectivity index (χ0n) is 9.65. The van der Waals surface area contributed by atoms with Gasteiger partial charge in [0.2, 0.25) is 0 Å². The molecule has 0 unspecified atom stereocenters. The Morgan fingerprint density at radius 1 is 1.38 bits per heavy atom. The number of hydrogen-bond donors (Lipinski definition) is 2. The van der Waals surface area contributed by atoms with Crippen LogP contribution in [0.1, 0.15) is 25.7 Å². The van der Waals surface area contributed by atoms with Crippen molar-refractivity contribution in [1.29, 1.82) is 0 Å². The van der Waals surface area contributed by atoms with Gasteiger partial charge in [0.25, 0.3) is 0 Å². The Bertz CT molecular complexity index is 335. The number of anilines is 1. The fraction of sp³-hybridized carbons (Fsp3) is 0.583. The number of nitrogens with two attached hydrogens (primary N) is 1. The van der Waals surface area contributed by atoms with Crippen molar-refractivity contribution in [3.8, 4) is 5.75 Å². The molecule has 1 aromatic rings. The largest absolute Gasteiger partial charge is 0.493 e. The summed E-state index contributed by atoms with van der Waals surface area (Å²) in [4.78, 5) is 4.30. The molecule has 16 heavy (non-hydrogen) atoms. The van der Waals surface area contributed by atoms with Gasteiger partial charge >= 0.3 is 0 Å². The number of ether oxygens (including phenoxy) is 1. The number of methoxy groups -OCH3 is 1. The first-order valence-corrected chi connectivity index (χ1v) is 5.80. The molecule has 3 N–H and O–H groups in total. The number of pyridine rings is 1. The summed E-state index contributed by atoms with van der Waals surface area (Å²) >= 11 is 0. The molecule has 2 rings (SSSR count). The molecular formula is C12H19N3O. The van der Waals surface area contributed by atoms with E-state index in [1.807, 2.05) is 12.1 Å². The zero-order chi connectivity index (χ0) is 11.4. The van der Waals surface area contributed by atoms with Gasteiger partial charge in [0.15, 0.2) is 11.6 Å². The van der Waals surface area contributed by atoms with Crippen molar-refractivity contribution in [2.45, 2.75) is 37.8 Å². The normalized spacial score (nSPS) is 25.1. The van der Waals surface area contributed by atoms with Crippen LogP contribution in [0.25, 0.3) is 0 Å². The topological polar surface area (TPSA) is 60.2 Å². The molecule has 1 saturated carbocycles. The molecule has 0 atom stereocenters. The number of hydrogen-bond acceptors (Lipinski definition) is 4. The van der Waals surface area contributed by atoms with Crippen LogP contribution >= 0.6 is 0 Å². The van der Waals surface area contributed by atoms with Gasteiger partial charge in [0.05, 0.1) is 7.11 Å². The van der Waals surface area contributed by atoms with Gasteiger partial charge in [0.1, 0.15) is 0 Å². The van der Waals surface area contributed by atoms with E-state index in [-0.39, 0.29) is 0 Å². The molecule has 0 amide bonds. The van der Waals surface area contributed by atoms with E-state index in [2.05, 4.69) is 10.3 Å². The summed E-state index contributed by atoms with van der Waals surface area (Å²) in [6, 6.07) is 4.65. The number of aromatic nitrogens is 1. The van der Waals surface area contributed by atoms with E-state index < -0.39 is 0 Å². The van der Waals surface area contributed by atoms with Crippen molar-refractivity contribution in [3.63, 3.8) is 0 Å². The maximum Gasteiger partial charge on any atom is 0.168 e. The van der Waals surface area contributed by atoms with Crippen LogP contribution < -0.4 is 15.8 Å². The second-order valence-electron chi connectivity index (χ2n) is 4.31. The van der Waals surface area contributed by atoms with Gasteiger partial charge in [-0.05, 0) is 37.8 Å². The molecule has 0 saturated heterocycles. The lowest BCUT2D eigenvalue weighted by Crippen LogP contribution is -2.33. The summed E-state index contributed by atoms with van der Waals surface area (Å²) in [5.41, 5.74) is 5.88. The fourth-order valence-electron chi connectivity index (χ4n) is 2.12. The van der Waals surface area contributed by atoms with E-state index in [1.54, 1.807) is 13.3 Å². The third-order valence-corrected chi connectivity index (χ3v) is 3.10. The molecule has 88 valence electrons. The highest BCUT2D eigenvalue weighted by Crippen LogP contribution is 2.25. The number of rotatable bonds is 3. The van der Waals surface area contributed by atoms with Gasteiger partial charge < -0.3 is 15.8 Å². The lowest BCUT2D eigenvalue weighted by molar-refractivity contribution is 0.400. The molecule has 4 nitrogen and oxygen atoms in total. The van der Waals surface area contributed by atoms with Gasteiger partial charge in [-0.1, -0.05) is 0 Å². The van der Waals surface area contributed by atoms with E-state index >= 15 is 0 Å². The maximum absolute atomic E-state index is 5.88. The van der Waals surface area contributed by atoms with E-state index in [1.165, 1.54) is 0 Å². The van der Waals surface area contributed by atoms with Crippen LogP contribution in [0, 0.1) is 0 Å². The molecular weight excluding hydrogens is 202 g/mol. The van der Waals surface area contributed by atoms with Crippen LogP contribution in [0.2, 0.25) is 0 Å². The van der Waals surface area contributed by atoms with Gasteiger partial charge in [-0.25, -0.2) is 4.98 Å². The third-order valence-electron chi connectivity index (χ3n) is 3.10. The second kappa shape index (κ2) is 5.16. The molecule has 0 spiro atoms.